The molecule has 6 heteroatoms. The van der Waals surface area contributed by atoms with Gasteiger partial charge in [0.05, 0.1) is 16.1 Å². The Labute approximate surface area is 147 Å². The van der Waals surface area contributed by atoms with Gasteiger partial charge in [-0.25, -0.2) is 4.39 Å². The predicted octanol–water partition coefficient (Wildman–Crippen LogP) is 4.24. The lowest BCUT2D eigenvalue weighted by Gasteiger charge is -2.11. The van der Waals surface area contributed by atoms with Crippen LogP contribution in [0.1, 0.15) is 0 Å². The molecule has 0 radical (unpaired) electrons. The Morgan fingerprint density at radius 3 is 2.48 bits per heavy atom. The largest absolute Gasteiger partial charge is 0.280 e. The zero-order chi connectivity index (χ0) is 17.4. The number of hydrogen-bond acceptors (Lipinski definition) is 3. The van der Waals surface area contributed by atoms with Crippen LogP contribution in [0.15, 0.2) is 71.7 Å². The summed E-state index contributed by atoms with van der Waals surface area (Å²) >= 11 is 6.31. The summed E-state index contributed by atoms with van der Waals surface area (Å²) in [7, 11) is 0. The Morgan fingerprint density at radius 1 is 0.960 bits per heavy atom. The maximum absolute atomic E-state index is 13.2. The van der Waals surface area contributed by atoms with Gasteiger partial charge in [-0.05, 0) is 42.5 Å². The molecule has 25 heavy (non-hydrogen) atoms. The zero-order valence-electron chi connectivity index (χ0n) is 12.9. The summed E-state index contributed by atoms with van der Waals surface area (Å²) in [6.45, 7) is 0. The lowest BCUT2D eigenvalue weighted by Crippen LogP contribution is -2.22. The van der Waals surface area contributed by atoms with E-state index in [1.54, 1.807) is 24.4 Å². The number of fused-ring (bicyclic) bond motifs is 1. The average molecular weight is 352 g/mol. The van der Waals surface area contributed by atoms with Crippen LogP contribution in [0.25, 0.3) is 27.8 Å². The molecule has 2 heterocycles. The Morgan fingerprint density at radius 2 is 1.72 bits per heavy atom. The van der Waals surface area contributed by atoms with E-state index in [-0.39, 0.29) is 11.4 Å². The van der Waals surface area contributed by atoms with Crippen LogP contribution in [0, 0.1) is 5.82 Å². The van der Waals surface area contributed by atoms with Crippen molar-refractivity contribution in [2.75, 3.05) is 0 Å². The molecule has 4 aromatic rings. The number of nitrogens with zero attached hydrogens (tertiary/aromatic N) is 3. The van der Waals surface area contributed by atoms with Crippen molar-refractivity contribution >= 4 is 22.5 Å². The Hall–Kier alpha value is -3.05. The van der Waals surface area contributed by atoms with Gasteiger partial charge in [-0.1, -0.05) is 29.8 Å². The SMILES string of the molecule is O=c1c2cccnc2c(-c2ccccc2Cl)nn1-c1ccc(F)cc1. The van der Waals surface area contributed by atoms with Gasteiger partial charge in [0.25, 0.3) is 5.56 Å². The van der Waals surface area contributed by atoms with Crippen LogP contribution in [0.5, 0.6) is 0 Å². The molecule has 4 rings (SSSR count). The van der Waals surface area contributed by atoms with Crippen LogP contribution in [0.2, 0.25) is 5.02 Å². The maximum Gasteiger partial charge on any atom is 0.280 e. The molecule has 2 aromatic carbocycles. The van der Waals surface area contributed by atoms with Crippen molar-refractivity contribution in [2.24, 2.45) is 0 Å². The highest BCUT2D eigenvalue weighted by Gasteiger charge is 2.16. The van der Waals surface area contributed by atoms with Crippen molar-refractivity contribution in [2.45, 2.75) is 0 Å². The van der Waals surface area contributed by atoms with Gasteiger partial charge in [0.1, 0.15) is 17.0 Å². The Bertz CT molecular complexity index is 1140. The van der Waals surface area contributed by atoms with E-state index in [1.165, 1.54) is 28.9 Å². The highest BCUT2D eigenvalue weighted by atomic mass is 35.5. The average Bonchev–Trinajstić information content (AvgIpc) is 2.64. The second kappa shape index (κ2) is 6.11. The van der Waals surface area contributed by atoms with Gasteiger partial charge in [-0.15, -0.1) is 0 Å². The fourth-order valence-corrected chi connectivity index (χ4v) is 2.89. The van der Waals surface area contributed by atoms with Crippen molar-refractivity contribution in [1.82, 2.24) is 14.8 Å². The number of rotatable bonds is 2. The minimum atomic E-state index is -0.384. The summed E-state index contributed by atoms with van der Waals surface area (Å²) < 4.78 is 14.5. The summed E-state index contributed by atoms with van der Waals surface area (Å²) in [5, 5.41) is 5.39. The van der Waals surface area contributed by atoms with Gasteiger partial charge in [0.2, 0.25) is 0 Å². The van der Waals surface area contributed by atoms with E-state index in [4.69, 9.17) is 11.6 Å². The normalized spacial score (nSPS) is 11.0. The number of halogens is 2. The van der Waals surface area contributed by atoms with E-state index < -0.39 is 0 Å². The third-order valence-electron chi connectivity index (χ3n) is 3.85. The third-order valence-corrected chi connectivity index (χ3v) is 4.18. The van der Waals surface area contributed by atoms with Gasteiger partial charge in [0.15, 0.2) is 0 Å². The summed E-state index contributed by atoms with van der Waals surface area (Å²) in [6, 6.07) is 16.2. The minimum absolute atomic E-state index is 0.328. The maximum atomic E-state index is 13.2. The first-order chi connectivity index (χ1) is 12.1. The topological polar surface area (TPSA) is 47.8 Å². The van der Waals surface area contributed by atoms with Crippen molar-refractivity contribution in [1.29, 1.82) is 0 Å². The number of aromatic nitrogens is 3. The van der Waals surface area contributed by atoms with E-state index in [1.807, 2.05) is 18.2 Å². The second-order valence-electron chi connectivity index (χ2n) is 5.42. The molecule has 0 amide bonds. The molecule has 0 aliphatic rings. The standard InChI is InChI=1S/C19H11ClFN3O/c20-16-6-2-1-4-14(16)18-17-15(5-3-11-22-17)19(25)24(23-18)13-9-7-12(21)8-10-13/h1-11H. The van der Waals surface area contributed by atoms with E-state index in [0.29, 0.717) is 32.9 Å². The highest BCUT2D eigenvalue weighted by molar-refractivity contribution is 6.33. The fraction of sp³-hybridized carbons (Fsp3) is 0. The highest BCUT2D eigenvalue weighted by Crippen LogP contribution is 2.29. The fourth-order valence-electron chi connectivity index (χ4n) is 2.67. The lowest BCUT2D eigenvalue weighted by atomic mass is 10.1. The Kier molecular flexibility index (Phi) is 3.78. The third kappa shape index (κ3) is 2.68. The van der Waals surface area contributed by atoms with Crippen molar-refractivity contribution in [3.05, 3.63) is 88.1 Å². The minimum Gasteiger partial charge on any atom is -0.267 e. The summed E-state index contributed by atoms with van der Waals surface area (Å²) in [5.74, 6) is -0.384. The first-order valence-electron chi connectivity index (χ1n) is 7.54. The van der Waals surface area contributed by atoms with Crippen LogP contribution in [0.3, 0.4) is 0 Å². The van der Waals surface area contributed by atoms with Crippen LogP contribution in [-0.4, -0.2) is 14.8 Å². The molecule has 4 nitrogen and oxygen atoms in total. The molecule has 0 saturated carbocycles. The molecular weight excluding hydrogens is 341 g/mol. The van der Waals surface area contributed by atoms with Crippen LogP contribution < -0.4 is 5.56 Å². The lowest BCUT2D eigenvalue weighted by molar-refractivity contribution is 0.626. The molecule has 0 aliphatic heterocycles. The molecule has 0 saturated heterocycles. The quantitative estimate of drug-likeness (QED) is 0.542. The smallest absolute Gasteiger partial charge is 0.267 e. The van der Waals surface area contributed by atoms with Crippen molar-refractivity contribution in [3.63, 3.8) is 0 Å². The van der Waals surface area contributed by atoms with Crippen molar-refractivity contribution in [3.8, 4) is 16.9 Å². The monoisotopic (exact) mass is 351 g/mol. The first kappa shape index (κ1) is 15.5. The van der Waals surface area contributed by atoms with Crippen LogP contribution in [0.4, 0.5) is 4.39 Å². The number of pyridine rings is 1. The summed E-state index contributed by atoms with van der Waals surface area (Å²) in [4.78, 5) is 17.1. The van der Waals surface area contributed by atoms with Gasteiger partial charge in [0, 0.05) is 11.8 Å². The molecule has 0 atom stereocenters. The second-order valence-corrected chi connectivity index (χ2v) is 5.83. The molecule has 0 aliphatic carbocycles. The predicted molar refractivity (Wildman–Crippen MR) is 95.5 cm³/mol. The number of hydrogen-bond donors (Lipinski definition) is 0. The molecule has 122 valence electrons. The first-order valence-corrected chi connectivity index (χ1v) is 7.92. The molecule has 0 spiro atoms. The van der Waals surface area contributed by atoms with Gasteiger partial charge in [-0.3, -0.25) is 9.78 Å². The van der Waals surface area contributed by atoms with E-state index in [0.717, 1.165) is 0 Å². The van der Waals surface area contributed by atoms with Gasteiger partial charge in [-0.2, -0.15) is 9.78 Å². The summed E-state index contributed by atoms with van der Waals surface area (Å²) in [6.07, 6.45) is 1.60. The van der Waals surface area contributed by atoms with Crippen LogP contribution in [-0.2, 0) is 0 Å². The van der Waals surface area contributed by atoms with E-state index in [2.05, 4.69) is 10.1 Å². The van der Waals surface area contributed by atoms with Crippen molar-refractivity contribution < 1.29 is 4.39 Å². The molecule has 0 unspecified atom stereocenters. The molecular formula is C19H11ClFN3O. The van der Waals surface area contributed by atoms with E-state index >= 15 is 0 Å². The Balaban J connectivity index is 2.09. The molecule has 0 fully saturated rings. The molecule has 2 aromatic heterocycles. The van der Waals surface area contributed by atoms with Gasteiger partial charge < -0.3 is 0 Å². The van der Waals surface area contributed by atoms with E-state index in [9.17, 15) is 9.18 Å². The number of benzene rings is 2. The molecule has 0 N–H and O–H groups in total. The van der Waals surface area contributed by atoms with Crippen LogP contribution >= 0.6 is 11.6 Å². The molecule has 0 bridgehead atoms. The summed E-state index contributed by atoms with van der Waals surface area (Å²) in [5.41, 5.74) is 1.77. The zero-order valence-corrected chi connectivity index (χ0v) is 13.6. The van der Waals surface area contributed by atoms with Gasteiger partial charge >= 0.3 is 0 Å².